The van der Waals surface area contributed by atoms with Crippen molar-refractivity contribution in [2.24, 2.45) is 0 Å². The third-order valence-corrected chi connectivity index (χ3v) is 2.70. The first-order valence-corrected chi connectivity index (χ1v) is 5.53. The maximum Gasteiger partial charge on any atom is 0.390 e. The minimum Gasteiger partial charge on any atom is -0.481 e. The summed E-state index contributed by atoms with van der Waals surface area (Å²) in [7, 11) is -3.93. The highest BCUT2D eigenvalue weighted by Gasteiger charge is 2.27. The lowest BCUT2D eigenvalue weighted by Gasteiger charge is -2.07. The molecule has 0 bridgehead atoms. The van der Waals surface area contributed by atoms with Gasteiger partial charge in [-0.3, -0.25) is 4.79 Å². The van der Waals surface area contributed by atoms with E-state index in [1.165, 1.54) is 0 Å². The lowest BCUT2D eigenvalue weighted by molar-refractivity contribution is -0.136. The lowest BCUT2D eigenvalue weighted by Crippen LogP contribution is -2.30. The van der Waals surface area contributed by atoms with Crippen LogP contribution in [0.3, 0.4) is 0 Å². The molecule has 0 fully saturated rings. The van der Waals surface area contributed by atoms with Gasteiger partial charge in [-0.2, -0.15) is 13.2 Å². The van der Waals surface area contributed by atoms with Crippen LogP contribution in [-0.4, -0.2) is 38.0 Å². The van der Waals surface area contributed by atoms with Crippen LogP contribution in [-0.2, 0) is 14.8 Å². The van der Waals surface area contributed by atoms with Crippen molar-refractivity contribution in [3.8, 4) is 0 Å². The Labute approximate surface area is 84.3 Å². The first kappa shape index (κ1) is 14.2. The molecule has 90 valence electrons. The molecule has 0 amide bonds. The fraction of sp³-hybridized carbons (Fsp3) is 0.833. The zero-order chi connectivity index (χ0) is 12.1. The van der Waals surface area contributed by atoms with Crippen LogP contribution in [0.25, 0.3) is 0 Å². The van der Waals surface area contributed by atoms with Crippen LogP contribution >= 0.6 is 0 Å². The van der Waals surface area contributed by atoms with E-state index in [0.717, 1.165) is 0 Å². The summed E-state index contributed by atoms with van der Waals surface area (Å²) < 4.78 is 58.3. The molecule has 0 saturated carbocycles. The van der Waals surface area contributed by atoms with Crippen molar-refractivity contribution >= 4 is 16.0 Å². The lowest BCUT2D eigenvalue weighted by atomic mass is 10.4. The summed E-state index contributed by atoms with van der Waals surface area (Å²) in [5.74, 6) is -2.04. The Bertz CT molecular complexity index is 311. The van der Waals surface area contributed by atoms with Gasteiger partial charge in [-0.25, -0.2) is 13.1 Å². The monoisotopic (exact) mass is 249 g/mol. The third kappa shape index (κ3) is 9.47. The molecule has 0 radical (unpaired) electrons. The van der Waals surface area contributed by atoms with E-state index in [4.69, 9.17) is 5.11 Å². The first-order chi connectivity index (χ1) is 6.62. The van der Waals surface area contributed by atoms with Crippen molar-refractivity contribution in [3.05, 3.63) is 0 Å². The van der Waals surface area contributed by atoms with Crippen molar-refractivity contribution in [3.63, 3.8) is 0 Å². The summed E-state index contributed by atoms with van der Waals surface area (Å²) in [6.45, 7) is -0.772. The molecule has 0 saturated heterocycles. The van der Waals surface area contributed by atoms with Crippen LogP contribution in [0, 0.1) is 0 Å². The number of hydrogen-bond acceptors (Lipinski definition) is 3. The predicted octanol–water partition coefficient (Wildman–Crippen LogP) is 0.333. The zero-order valence-electron chi connectivity index (χ0n) is 7.54. The number of rotatable bonds is 6. The summed E-state index contributed by atoms with van der Waals surface area (Å²) >= 11 is 0. The normalized spacial score (nSPS) is 12.7. The predicted molar refractivity (Wildman–Crippen MR) is 44.7 cm³/mol. The molecule has 9 heteroatoms. The van der Waals surface area contributed by atoms with Crippen LogP contribution < -0.4 is 4.72 Å². The van der Waals surface area contributed by atoms with Gasteiger partial charge in [-0.15, -0.1) is 0 Å². The highest BCUT2D eigenvalue weighted by molar-refractivity contribution is 7.89. The van der Waals surface area contributed by atoms with E-state index in [1.807, 2.05) is 0 Å². The molecule has 0 aromatic carbocycles. The third-order valence-electron chi connectivity index (χ3n) is 1.32. The van der Waals surface area contributed by atoms with Gasteiger partial charge >= 0.3 is 12.1 Å². The number of alkyl halides is 3. The molecule has 0 spiro atoms. The molecule has 0 rings (SSSR count). The number of carbonyl (C=O) groups is 1. The molecule has 0 heterocycles. The van der Waals surface area contributed by atoms with Gasteiger partial charge in [0.15, 0.2) is 0 Å². The molecule has 0 aliphatic rings. The summed E-state index contributed by atoms with van der Waals surface area (Å²) in [5, 5.41) is 8.16. The second-order valence-corrected chi connectivity index (χ2v) is 4.65. The van der Waals surface area contributed by atoms with Crippen LogP contribution in [0.15, 0.2) is 0 Å². The Morgan fingerprint density at radius 3 is 2.27 bits per heavy atom. The van der Waals surface area contributed by atoms with Crippen molar-refractivity contribution < 1.29 is 31.5 Å². The molecule has 0 aromatic heterocycles. The van der Waals surface area contributed by atoms with E-state index in [0.29, 0.717) is 0 Å². The van der Waals surface area contributed by atoms with Crippen LogP contribution in [0.2, 0.25) is 0 Å². The molecule has 0 aliphatic carbocycles. The van der Waals surface area contributed by atoms with E-state index in [2.05, 4.69) is 0 Å². The van der Waals surface area contributed by atoms with Gasteiger partial charge in [0.1, 0.15) is 0 Å². The fourth-order valence-electron chi connectivity index (χ4n) is 0.642. The zero-order valence-corrected chi connectivity index (χ0v) is 8.36. The summed E-state index contributed by atoms with van der Waals surface area (Å²) in [5.41, 5.74) is 0. The Balaban J connectivity index is 3.90. The van der Waals surface area contributed by atoms with Gasteiger partial charge < -0.3 is 5.11 Å². The highest BCUT2D eigenvalue weighted by atomic mass is 32.2. The molecular formula is C6H10F3NO4S. The highest BCUT2D eigenvalue weighted by Crippen LogP contribution is 2.18. The molecule has 0 unspecified atom stereocenters. The smallest absolute Gasteiger partial charge is 0.390 e. The Morgan fingerprint density at radius 1 is 1.33 bits per heavy atom. The number of nitrogens with one attached hydrogen (secondary N) is 1. The average molecular weight is 249 g/mol. The van der Waals surface area contributed by atoms with Gasteiger partial charge in [0.25, 0.3) is 0 Å². The van der Waals surface area contributed by atoms with E-state index in [9.17, 15) is 26.4 Å². The van der Waals surface area contributed by atoms with Crippen LogP contribution in [0.1, 0.15) is 12.8 Å². The van der Waals surface area contributed by atoms with Crippen LogP contribution in [0.5, 0.6) is 0 Å². The maximum atomic E-state index is 11.6. The quantitative estimate of drug-likeness (QED) is 0.710. The first-order valence-electron chi connectivity index (χ1n) is 3.88. The molecule has 0 aromatic rings. The second kappa shape index (κ2) is 5.31. The van der Waals surface area contributed by atoms with Gasteiger partial charge in [0, 0.05) is 6.54 Å². The molecule has 2 N–H and O–H groups in total. The minimum absolute atomic E-state index is 0.638. The van der Waals surface area contributed by atoms with Crippen molar-refractivity contribution in [2.45, 2.75) is 19.0 Å². The molecule has 15 heavy (non-hydrogen) atoms. The average Bonchev–Trinajstić information content (AvgIpc) is 1.98. The van der Waals surface area contributed by atoms with Gasteiger partial charge in [-0.05, 0) is 0 Å². The van der Waals surface area contributed by atoms with Crippen LogP contribution in [0.4, 0.5) is 13.2 Å². The topological polar surface area (TPSA) is 83.5 Å². The number of sulfonamides is 1. The van der Waals surface area contributed by atoms with E-state index in [1.54, 1.807) is 4.72 Å². The second-order valence-electron chi connectivity index (χ2n) is 2.72. The number of aliphatic carboxylic acids is 1. The summed E-state index contributed by atoms with van der Waals surface area (Å²) in [6.07, 6.45) is -6.35. The number of halogens is 3. The number of carboxylic acid groups (broad SMARTS) is 1. The number of carboxylic acids is 1. The Kier molecular flexibility index (Phi) is 5.01. The van der Waals surface area contributed by atoms with Gasteiger partial charge in [0.05, 0.1) is 18.6 Å². The van der Waals surface area contributed by atoms with E-state index < -0.39 is 47.3 Å². The SMILES string of the molecule is O=C(O)CCS(=O)(=O)NCCC(F)(F)F. The molecule has 0 atom stereocenters. The largest absolute Gasteiger partial charge is 0.481 e. The van der Waals surface area contributed by atoms with E-state index in [-0.39, 0.29) is 0 Å². The van der Waals surface area contributed by atoms with Gasteiger partial charge in [0.2, 0.25) is 10.0 Å². The standard InChI is InChI=1S/C6H10F3NO4S/c7-6(8,9)2-3-10-15(13,14)4-1-5(11)12/h10H,1-4H2,(H,11,12). The molecular weight excluding hydrogens is 239 g/mol. The minimum atomic E-state index is -4.44. The van der Waals surface area contributed by atoms with Crippen molar-refractivity contribution in [1.29, 1.82) is 0 Å². The van der Waals surface area contributed by atoms with E-state index >= 15 is 0 Å². The van der Waals surface area contributed by atoms with Crippen molar-refractivity contribution in [1.82, 2.24) is 4.72 Å². The summed E-state index contributed by atoms with van der Waals surface area (Å²) in [6, 6.07) is 0. The Morgan fingerprint density at radius 2 is 1.87 bits per heavy atom. The Hall–Kier alpha value is -0.830. The molecule has 0 aliphatic heterocycles. The number of hydrogen-bond donors (Lipinski definition) is 2. The fourth-order valence-corrected chi connectivity index (χ4v) is 1.64. The maximum absolute atomic E-state index is 11.6. The van der Waals surface area contributed by atoms with Gasteiger partial charge in [-0.1, -0.05) is 0 Å². The van der Waals surface area contributed by atoms with Crippen molar-refractivity contribution in [2.75, 3.05) is 12.3 Å². The summed E-state index contributed by atoms with van der Waals surface area (Å²) in [4.78, 5) is 10.0. The molecule has 5 nitrogen and oxygen atoms in total.